The molecule has 1 saturated heterocycles. The Morgan fingerprint density at radius 3 is 2.43 bits per heavy atom. The van der Waals surface area contributed by atoms with Gasteiger partial charge in [0, 0.05) is 11.0 Å². The largest absolute Gasteiger partial charge is 0.466 e. The second kappa shape index (κ2) is 8.10. The normalized spacial score (nSPS) is 18.7. The summed E-state index contributed by atoms with van der Waals surface area (Å²) >= 11 is 0. The molecular weight excluding hydrogens is 351 g/mol. The summed E-state index contributed by atoms with van der Waals surface area (Å²) in [5.74, 6) is 0.642. The third-order valence-electron chi connectivity index (χ3n) is 5.93. The summed E-state index contributed by atoms with van der Waals surface area (Å²) in [6, 6.07) is 15.5. The number of hydrogen-bond donors (Lipinski definition) is 0. The zero-order chi connectivity index (χ0) is 20.4. The van der Waals surface area contributed by atoms with E-state index >= 15 is 0 Å². The van der Waals surface area contributed by atoms with Crippen LogP contribution in [-0.2, 0) is 16.0 Å². The Kier molecular flexibility index (Phi) is 5.97. The Balaban J connectivity index is 1.79. The smallest absolute Gasteiger partial charge is 0.332 e. The number of carbonyl (C=O) groups excluding carboxylic acids is 1. The Bertz CT molecular complexity index is 801. The van der Waals surface area contributed by atoms with Gasteiger partial charge in [-0.3, -0.25) is 4.79 Å². The van der Waals surface area contributed by atoms with Gasteiger partial charge in [0.15, 0.2) is 6.29 Å². The summed E-state index contributed by atoms with van der Waals surface area (Å²) in [6.07, 6.45) is 1.24. The predicted octanol–water partition coefficient (Wildman–Crippen LogP) is 4.47. The van der Waals surface area contributed by atoms with Crippen molar-refractivity contribution in [3.8, 4) is 5.75 Å². The Hall–Kier alpha value is -2.11. The third-order valence-corrected chi connectivity index (χ3v) is 5.93. The van der Waals surface area contributed by atoms with E-state index < -0.39 is 6.29 Å². The first-order valence-electron chi connectivity index (χ1n) is 9.81. The predicted molar refractivity (Wildman–Crippen MR) is 112 cm³/mol. The van der Waals surface area contributed by atoms with Crippen molar-refractivity contribution in [2.45, 2.75) is 59.4 Å². The molecule has 0 N–H and O–H groups in total. The molecule has 1 aliphatic heterocycles. The summed E-state index contributed by atoms with van der Waals surface area (Å²) in [6.45, 7) is 10.7. The molecule has 1 heterocycles. The second-order valence-corrected chi connectivity index (χ2v) is 8.56. The second-order valence-electron chi connectivity index (χ2n) is 8.56. The molecule has 0 bridgehead atoms. The molecule has 0 radical (unpaired) electrons. The van der Waals surface area contributed by atoms with Gasteiger partial charge in [-0.2, -0.15) is 0 Å². The highest BCUT2D eigenvalue weighted by Gasteiger charge is 2.51. The van der Waals surface area contributed by atoms with Crippen molar-refractivity contribution in [2.75, 3.05) is 0 Å². The highest BCUT2D eigenvalue weighted by Crippen LogP contribution is 2.45. The van der Waals surface area contributed by atoms with Crippen LogP contribution in [0.2, 0.25) is 6.32 Å². The fourth-order valence-electron chi connectivity index (χ4n) is 3.54. The number of rotatable bonds is 7. The molecule has 4 nitrogen and oxygen atoms in total. The zero-order valence-electron chi connectivity index (χ0n) is 17.4. The van der Waals surface area contributed by atoms with E-state index in [4.69, 9.17) is 14.1 Å². The van der Waals surface area contributed by atoms with Gasteiger partial charge in [0.2, 0.25) is 0 Å². The van der Waals surface area contributed by atoms with Crippen LogP contribution in [0.3, 0.4) is 0 Å². The first kappa shape index (κ1) is 20.6. The van der Waals surface area contributed by atoms with E-state index in [1.807, 2.05) is 55.5 Å². The molecule has 1 atom stereocenters. The number of carbonyl (C=O) groups is 1. The van der Waals surface area contributed by atoms with E-state index in [1.165, 1.54) is 0 Å². The highest BCUT2D eigenvalue weighted by molar-refractivity contribution is 6.70. The molecule has 0 aliphatic carbocycles. The summed E-state index contributed by atoms with van der Waals surface area (Å²) in [7, 11) is 0. The lowest BCUT2D eigenvalue weighted by atomic mass is 9.53. The minimum Gasteiger partial charge on any atom is -0.466 e. The van der Waals surface area contributed by atoms with Crippen molar-refractivity contribution in [1.29, 1.82) is 0 Å². The van der Waals surface area contributed by atoms with E-state index in [0.717, 1.165) is 23.6 Å². The quantitative estimate of drug-likeness (QED) is 0.404. The highest BCUT2D eigenvalue weighted by atomic mass is 16.7. The third kappa shape index (κ3) is 4.31. The summed E-state index contributed by atoms with van der Waals surface area (Å²) in [5.41, 5.74) is 2.20. The molecule has 0 aromatic heterocycles. The van der Waals surface area contributed by atoms with Gasteiger partial charge >= 0.3 is 6.92 Å². The maximum absolute atomic E-state index is 11.7. The fraction of sp³-hybridized carbons (Fsp3) is 0.435. The standard InChI is InChI=1S/C23H29BO4/c1-17(26-15-18-10-7-6-8-11-18)27-20-13-9-12-19(14-25)21(20)24-16-22(2,3)23(4,5)28-24/h6-14,17H,15-16H2,1-5H3. The van der Waals surface area contributed by atoms with Gasteiger partial charge in [0.25, 0.3) is 0 Å². The minimum atomic E-state index is -0.455. The first-order valence-corrected chi connectivity index (χ1v) is 9.81. The molecule has 0 spiro atoms. The average molecular weight is 380 g/mol. The molecule has 5 heteroatoms. The van der Waals surface area contributed by atoms with Crippen molar-refractivity contribution >= 4 is 18.7 Å². The van der Waals surface area contributed by atoms with Crippen molar-refractivity contribution in [3.05, 3.63) is 59.7 Å². The monoisotopic (exact) mass is 380 g/mol. The van der Waals surface area contributed by atoms with Crippen LogP contribution in [-0.4, -0.2) is 25.1 Å². The van der Waals surface area contributed by atoms with E-state index in [9.17, 15) is 4.79 Å². The summed E-state index contributed by atoms with van der Waals surface area (Å²) in [5, 5.41) is 0. The van der Waals surface area contributed by atoms with E-state index in [0.29, 0.717) is 17.9 Å². The van der Waals surface area contributed by atoms with Crippen LogP contribution in [0, 0.1) is 5.41 Å². The molecular formula is C23H29BO4. The van der Waals surface area contributed by atoms with Crippen LogP contribution in [0.5, 0.6) is 5.75 Å². The van der Waals surface area contributed by atoms with Gasteiger partial charge < -0.3 is 14.1 Å². The lowest BCUT2D eigenvalue weighted by molar-refractivity contribution is -0.0754. The maximum Gasteiger partial charge on any atom is 0.332 e. The van der Waals surface area contributed by atoms with Crippen LogP contribution in [0.4, 0.5) is 0 Å². The van der Waals surface area contributed by atoms with Crippen LogP contribution in [0.15, 0.2) is 48.5 Å². The van der Waals surface area contributed by atoms with Gasteiger partial charge in [0.1, 0.15) is 12.0 Å². The molecule has 0 amide bonds. The molecule has 1 fully saturated rings. The zero-order valence-corrected chi connectivity index (χ0v) is 17.4. The van der Waals surface area contributed by atoms with Crippen LogP contribution >= 0.6 is 0 Å². The Labute approximate surface area is 168 Å². The lowest BCUT2D eigenvalue weighted by Gasteiger charge is -2.34. The number of hydrogen-bond acceptors (Lipinski definition) is 4. The number of benzene rings is 2. The molecule has 148 valence electrons. The summed E-state index contributed by atoms with van der Waals surface area (Å²) < 4.78 is 18.3. The summed E-state index contributed by atoms with van der Waals surface area (Å²) in [4.78, 5) is 11.7. The maximum atomic E-state index is 11.7. The minimum absolute atomic E-state index is 0.0135. The molecule has 3 rings (SSSR count). The van der Waals surface area contributed by atoms with Crippen molar-refractivity contribution in [1.82, 2.24) is 0 Å². The fourth-order valence-corrected chi connectivity index (χ4v) is 3.54. The molecule has 28 heavy (non-hydrogen) atoms. The van der Waals surface area contributed by atoms with Crippen LogP contribution < -0.4 is 10.2 Å². The first-order chi connectivity index (χ1) is 13.2. The van der Waals surface area contributed by atoms with Gasteiger partial charge in [-0.15, -0.1) is 0 Å². The van der Waals surface area contributed by atoms with Gasteiger partial charge in [-0.1, -0.05) is 56.3 Å². The van der Waals surface area contributed by atoms with Crippen LogP contribution in [0.25, 0.3) is 0 Å². The topological polar surface area (TPSA) is 44.8 Å². The van der Waals surface area contributed by atoms with Crippen LogP contribution in [0.1, 0.15) is 50.5 Å². The molecule has 2 aromatic rings. The van der Waals surface area contributed by atoms with E-state index in [1.54, 1.807) is 0 Å². The molecule has 0 saturated carbocycles. The van der Waals surface area contributed by atoms with Crippen molar-refractivity contribution < 1.29 is 18.9 Å². The van der Waals surface area contributed by atoms with E-state index in [2.05, 4.69) is 27.7 Å². The molecule has 1 unspecified atom stereocenters. The lowest BCUT2D eigenvalue weighted by Crippen LogP contribution is -2.38. The van der Waals surface area contributed by atoms with Gasteiger partial charge in [-0.05, 0) is 44.1 Å². The number of ether oxygens (including phenoxy) is 2. The molecule has 1 aliphatic rings. The van der Waals surface area contributed by atoms with Crippen molar-refractivity contribution in [2.24, 2.45) is 5.41 Å². The Morgan fingerprint density at radius 2 is 1.82 bits per heavy atom. The van der Waals surface area contributed by atoms with Crippen molar-refractivity contribution in [3.63, 3.8) is 0 Å². The van der Waals surface area contributed by atoms with Gasteiger partial charge in [0.05, 0.1) is 12.2 Å². The van der Waals surface area contributed by atoms with E-state index in [-0.39, 0.29) is 17.9 Å². The average Bonchev–Trinajstić information content (AvgIpc) is 2.87. The number of aldehydes is 1. The molecule has 2 aromatic carbocycles. The Morgan fingerprint density at radius 1 is 1.11 bits per heavy atom. The van der Waals surface area contributed by atoms with Gasteiger partial charge in [-0.25, -0.2) is 0 Å². The SMILES string of the molecule is CC(OCc1ccccc1)Oc1cccc(C=O)c1B1CC(C)(C)C(C)(C)O1.